The van der Waals surface area contributed by atoms with Gasteiger partial charge in [0.25, 0.3) is 11.1 Å². The van der Waals surface area contributed by atoms with Gasteiger partial charge in [-0.2, -0.15) is 9.59 Å². The number of thiophene rings is 2. The number of aromatic nitrogens is 12. The molecule has 22 nitrogen and oxygen atoms in total. The van der Waals surface area contributed by atoms with Crippen LogP contribution in [0.1, 0.15) is 105 Å². The Labute approximate surface area is 427 Å². The maximum absolute atomic E-state index is 13.9. The second kappa shape index (κ2) is 21.0. The number of likely N-dealkylation sites (tertiary alicyclic amines) is 2. The molecule has 2 saturated heterocycles. The monoisotopic (exact) mass is 1090 g/mol. The molecule has 8 heterocycles. The zero-order valence-electron chi connectivity index (χ0n) is 41.2. The lowest BCUT2D eigenvalue weighted by Gasteiger charge is -2.34. The van der Waals surface area contributed by atoms with E-state index in [1.54, 1.807) is 34.1 Å². The van der Waals surface area contributed by atoms with Gasteiger partial charge in [-0.05, 0) is 137 Å². The summed E-state index contributed by atoms with van der Waals surface area (Å²) in [4.78, 5) is 86.2. The number of rotatable bonds is 9. The lowest BCUT2D eigenvalue weighted by Crippen LogP contribution is -2.47. The van der Waals surface area contributed by atoms with E-state index < -0.39 is 34.7 Å². The lowest BCUT2D eigenvalue weighted by molar-refractivity contribution is 0.0175. The minimum absolute atomic E-state index is 0.0337. The van der Waals surface area contributed by atoms with Crippen LogP contribution in [0.5, 0.6) is 0 Å². The second-order valence-electron chi connectivity index (χ2n) is 19.4. The van der Waals surface area contributed by atoms with Crippen molar-refractivity contribution in [2.24, 2.45) is 0 Å². The Hall–Kier alpha value is -6.41. The van der Waals surface area contributed by atoms with E-state index in [-0.39, 0.29) is 42.2 Å². The third kappa shape index (κ3) is 11.4. The van der Waals surface area contributed by atoms with E-state index in [0.29, 0.717) is 97.0 Å². The molecule has 0 radical (unpaired) electrons. The smallest absolute Gasteiger partial charge is 0.410 e. The van der Waals surface area contributed by atoms with Crippen molar-refractivity contribution in [3.8, 4) is 10.4 Å². The fourth-order valence-electron chi connectivity index (χ4n) is 8.50. The quantitative estimate of drug-likeness (QED) is 0.155. The second-order valence-corrected chi connectivity index (χ2v) is 22.9. The van der Waals surface area contributed by atoms with E-state index in [9.17, 15) is 33.2 Å². The molecule has 2 fully saturated rings. The molecule has 0 bridgehead atoms. The van der Waals surface area contributed by atoms with Crippen molar-refractivity contribution < 1.29 is 23.5 Å². The van der Waals surface area contributed by atoms with Gasteiger partial charge in [0.1, 0.15) is 26.4 Å². The van der Waals surface area contributed by atoms with Crippen molar-refractivity contribution in [2.45, 2.75) is 131 Å². The first-order valence-electron chi connectivity index (χ1n) is 23.6. The van der Waals surface area contributed by atoms with Gasteiger partial charge < -0.3 is 19.3 Å². The van der Waals surface area contributed by atoms with E-state index >= 15 is 0 Å². The number of benzene rings is 1. The molecular formula is C46H56BrFN14O8S2. The van der Waals surface area contributed by atoms with Gasteiger partial charge in [0.15, 0.2) is 11.6 Å². The number of tetrazole rings is 2. The van der Waals surface area contributed by atoms with Gasteiger partial charge in [-0.15, -0.1) is 43.1 Å². The van der Waals surface area contributed by atoms with Crippen LogP contribution >= 0.6 is 38.6 Å². The van der Waals surface area contributed by atoms with E-state index in [2.05, 4.69) is 46.8 Å². The minimum atomic E-state index is -0.612. The van der Waals surface area contributed by atoms with Crippen LogP contribution in [0.2, 0.25) is 0 Å². The van der Waals surface area contributed by atoms with Gasteiger partial charge in [-0.25, -0.2) is 23.6 Å². The molecule has 6 aromatic heterocycles. The maximum Gasteiger partial charge on any atom is 0.410 e. The summed E-state index contributed by atoms with van der Waals surface area (Å²) in [6, 6.07) is 8.82. The van der Waals surface area contributed by atoms with Crippen LogP contribution in [-0.4, -0.2) is 118 Å². The standard InChI is InChI=1S/C26H30FN7O4S.C20H26BrN7O4S/c1-5-33-29-21(28-30-33)15-32-19-14-20(16-6-8-17(27)9-7-16)39-22(19)23(35)34(24(32)36)18-10-12-31(13-11-18)25(37)38-26(2,3)4;1-5-27-23-15(22-24-27)11-26-13-10-14(21)33-16(13)17(29)28(18(26)30)12-6-8-25(9-7-12)19(31)32-20(2,3)4/h6-9,14,18H,5,10-13,15H2,1-4H3;10,12H,5-9,11H2,1-4H3. The number of fused-ring (bicyclic) bond motifs is 2. The number of piperidine rings is 2. The van der Waals surface area contributed by atoms with Crippen LogP contribution in [0.4, 0.5) is 14.0 Å². The van der Waals surface area contributed by atoms with Gasteiger partial charge in [0, 0.05) is 43.1 Å². The van der Waals surface area contributed by atoms with Gasteiger partial charge in [0.2, 0.25) is 0 Å². The first-order valence-corrected chi connectivity index (χ1v) is 26.0. The summed E-state index contributed by atoms with van der Waals surface area (Å²) in [6.07, 6.45) is 1.04. The number of ether oxygens (including phenoxy) is 2. The zero-order chi connectivity index (χ0) is 51.8. The molecule has 1 aromatic carbocycles. The Kier molecular flexibility index (Phi) is 15.1. The summed E-state index contributed by atoms with van der Waals surface area (Å²) >= 11 is 5.98. The number of aryl methyl sites for hydroxylation is 2. The largest absolute Gasteiger partial charge is 0.444 e. The first-order chi connectivity index (χ1) is 34.1. The molecule has 0 aliphatic carbocycles. The van der Waals surface area contributed by atoms with Crippen molar-refractivity contribution in [3.63, 3.8) is 0 Å². The van der Waals surface area contributed by atoms with Gasteiger partial charge in [-0.3, -0.25) is 27.9 Å². The van der Waals surface area contributed by atoms with Gasteiger partial charge in [0.05, 0.1) is 41.0 Å². The van der Waals surface area contributed by atoms with Crippen molar-refractivity contribution in [3.05, 3.63) is 99.3 Å². The Bertz CT molecular complexity index is 3360. The highest BCUT2D eigenvalue weighted by atomic mass is 79.9. The van der Waals surface area contributed by atoms with Crippen LogP contribution < -0.4 is 22.5 Å². The zero-order valence-corrected chi connectivity index (χ0v) is 44.4. The predicted octanol–water partition coefficient (Wildman–Crippen LogP) is 6.27. The molecule has 2 aliphatic rings. The molecule has 0 atom stereocenters. The highest BCUT2D eigenvalue weighted by molar-refractivity contribution is 9.11. The summed E-state index contributed by atoms with van der Waals surface area (Å²) in [6.45, 7) is 17.4. The Morgan fingerprint density at radius 3 is 1.49 bits per heavy atom. The van der Waals surface area contributed by atoms with Crippen molar-refractivity contribution in [1.29, 1.82) is 0 Å². The number of hydrogen-bond acceptors (Lipinski definition) is 16. The average molecular weight is 1100 g/mol. The van der Waals surface area contributed by atoms with Crippen LogP contribution in [-0.2, 0) is 35.7 Å². The van der Waals surface area contributed by atoms with Crippen molar-refractivity contribution >= 4 is 71.2 Å². The summed E-state index contributed by atoms with van der Waals surface area (Å²) in [5.41, 5.74) is -1.04. The average Bonchev–Trinajstić information content (AvgIpc) is 4.16. The Morgan fingerprint density at radius 1 is 0.667 bits per heavy atom. The predicted molar refractivity (Wildman–Crippen MR) is 271 cm³/mol. The molecule has 384 valence electrons. The summed E-state index contributed by atoms with van der Waals surface area (Å²) in [5, 5.41) is 24.7. The summed E-state index contributed by atoms with van der Waals surface area (Å²) in [5.74, 6) is 0.383. The van der Waals surface area contributed by atoms with E-state index in [0.717, 1.165) is 14.2 Å². The molecule has 2 amide bonds. The topological polar surface area (TPSA) is 234 Å². The molecule has 0 N–H and O–H groups in total. The highest BCUT2D eigenvalue weighted by Crippen LogP contribution is 2.33. The first kappa shape index (κ1) is 51.9. The number of halogens is 2. The number of hydrogen-bond donors (Lipinski definition) is 0. The lowest BCUT2D eigenvalue weighted by atomic mass is 10.1. The summed E-state index contributed by atoms with van der Waals surface area (Å²) in [7, 11) is 0. The van der Waals surface area contributed by atoms with Gasteiger partial charge in [-0.1, -0.05) is 12.1 Å². The Balaban J connectivity index is 0.000000195. The Morgan fingerprint density at radius 2 is 1.08 bits per heavy atom. The van der Waals surface area contributed by atoms with E-state index in [1.807, 2.05) is 55.4 Å². The molecule has 0 spiro atoms. The van der Waals surface area contributed by atoms with Crippen molar-refractivity contribution in [2.75, 3.05) is 26.2 Å². The molecule has 26 heteroatoms. The molecular weight excluding hydrogens is 1040 g/mol. The third-order valence-electron chi connectivity index (χ3n) is 11.9. The van der Waals surface area contributed by atoms with E-state index in [1.165, 1.54) is 62.7 Å². The normalized spacial score (nSPS) is 15.0. The van der Waals surface area contributed by atoms with E-state index in [4.69, 9.17) is 9.47 Å². The van der Waals surface area contributed by atoms with Gasteiger partial charge >= 0.3 is 23.6 Å². The fraction of sp³-hybridized carbons (Fsp3) is 0.522. The van der Waals surface area contributed by atoms with Crippen LogP contribution in [0, 0.1) is 5.82 Å². The van der Waals surface area contributed by atoms with Crippen LogP contribution in [0.3, 0.4) is 0 Å². The number of carbonyl (C=O) groups excluding carboxylic acids is 2. The SMILES string of the molecule is CCn1nnc(Cn2c(=O)n(C3CCN(C(=O)OC(C)(C)C)CC3)c(=O)c3sc(-c4ccc(F)cc4)cc32)n1.CCn1nnc(Cn2c(=O)n(C3CCN(C(=O)OC(C)(C)C)CC3)c(=O)c3sc(Br)cc32)n1. The van der Waals surface area contributed by atoms with Crippen molar-refractivity contribution in [1.82, 2.24) is 68.5 Å². The van der Waals surface area contributed by atoms with Crippen LogP contribution in [0.25, 0.3) is 30.9 Å². The number of carbonyl (C=O) groups is 2. The highest BCUT2D eigenvalue weighted by Gasteiger charge is 2.32. The molecule has 0 saturated carbocycles. The molecule has 2 aliphatic heterocycles. The number of nitrogens with zero attached hydrogens (tertiary/aromatic N) is 14. The molecule has 7 aromatic rings. The molecule has 9 rings (SSSR count). The fourth-order valence-corrected chi connectivity index (χ4v) is 11.1. The van der Waals surface area contributed by atoms with Crippen LogP contribution in [0.15, 0.2) is 59.4 Å². The maximum atomic E-state index is 13.9. The molecule has 0 unspecified atom stereocenters. The third-order valence-corrected chi connectivity index (χ3v) is 14.7. The minimum Gasteiger partial charge on any atom is -0.444 e. The molecule has 72 heavy (non-hydrogen) atoms. The summed E-state index contributed by atoms with van der Waals surface area (Å²) < 4.78 is 31.7. The number of amides is 2.